The summed E-state index contributed by atoms with van der Waals surface area (Å²) in [4.78, 5) is 0. The van der Waals surface area contributed by atoms with Crippen molar-refractivity contribution in [2.75, 3.05) is 6.54 Å². The molecule has 1 N–H and O–H groups in total. The fourth-order valence-electron chi connectivity index (χ4n) is 1.78. The average molecular weight is 286 g/mol. The number of hydrogen-bond acceptors (Lipinski definition) is 4. The summed E-state index contributed by atoms with van der Waals surface area (Å²) < 4.78 is 21.9. The van der Waals surface area contributed by atoms with Crippen molar-refractivity contribution in [2.45, 2.75) is 19.4 Å². The van der Waals surface area contributed by atoms with Crippen LogP contribution in [0.5, 0.6) is 0 Å². The topological polar surface area (TPSA) is 37.8 Å². The number of rotatable bonds is 5. The molecule has 18 heavy (non-hydrogen) atoms. The minimum Gasteiger partial charge on any atom is -0.309 e. The third-order valence-corrected chi connectivity index (χ3v) is 3.50. The highest BCUT2D eigenvalue weighted by molar-refractivity contribution is 6.99. The lowest BCUT2D eigenvalue weighted by atomic mass is 10.0. The molecule has 0 radical (unpaired) electrons. The van der Waals surface area contributed by atoms with Gasteiger partial charge in [-0.1, -0.05) is 24.6 Å². The molecule has 0 aliphatic heterocycles. The number of benzene rings is 1. The molecule has 1 aromatic heterocycles. The molecule has 3 nitrogen and oxygen atoms in total. The van der Waals surface area contributed by atoms with E-state index in [2.05, 4.69) is 14.1 Å². The molecule has 1 unspecified atom stereocenters. The van der Waals surface area contributed by atoms with E-state index in [0.29, 0.717) is 17.0 Å². The Morgan fingerprint density at radius 1 is 1.50 bits per heavy atom. The lowest BCUT2D eigenvalue weighted by molar-refractivity contribution is 0.521. The SMILES string of the molecule is CCNC(Cc1c(F)cccc1Cl)c1cnsn1. The number of halogens is 2. The van der Waals surface area contributed by atoms with E-state index in [1.807, 2.05) is 6.92 Å². The fraction of sp³-hybridized carbons (Fsp3) is 0.333. The van der Waals surface area contributed by atoms with Gasteiger partial charge < -0.3 is 5.32 Å². The molecule has 96 valence electrons. The molecule has 0 amide bonds. The lowest BCUT2D eigenvalue weighted by Crippen LogP contribution is -2.23. The summed E-state index contributed by atoms with van der Waals surface area (Å²) in [5.74, 6) is -0.284. The second-order valence-electron chi connectivity index (χ2n) is 3.85. The lowest BCUT2D eigenvalue weighted by Gasteiger charge is -2.16. The maximum Gasteiger partial charge on any atom is 0.127 e. The van der Waals surface area contributed by atoms with Crippen LogP contribution in [0.25, 0.3) is 0 Å². The van der Waals surface area contributed by atoms with Crippen LogP contribution in [-0.2, 0) is 6.42 Å². The van der Waals surface area contributed by atoms with Gasteiger partial charge in [0.05, 0.1) is 29.7 Å². The molecule has 0 aliphatic carbocycles. The monoisotopic (exact) mass is 285 g/mol. The largest absolute Gasteiger partial charge is 0.309 e. The first kappa shape index (κ1) is 13.4. The molecule has 2 aromatic rings. The summed E-state index contributed by atoms with van der Waals surface area (Å²) in [6.07, 6.45) is 2.16. The molecule has 0 saturated carbocycles. The van der Waals surface area contributed by atoms with Crippen LogP contribution >= 0.6 is 23.3 Å². The molecular weight excluding hydrogens is 273 g/mol. The predicted octanol–water partition coefficient (Wildman–Crippen LogP) is 3.22. The normalized spacial score (nSPS) is 12.6. The van der Waals surface area contributed by atoms with Gasteiger partial charge in [0.2, 0.25) is 0 Å². The van der Waals surface area contributed by atoms with E-state index in [4.69, 9.17) is 11.6 Å². The smallest absolute Gasteiger partial charge is 0.127 e. The van der Waals surface area contributed by atoms with Gasteiger partial charge in [0, 0.05) is 10.6 Å². The van der Waals surface area contributed by atoms with Gasteiger partial charge >= 0.3 is 0 Å². The average Bonchev–Trinajstić information content (AvgIpc) is 2.86. The second-order valence-corrected chi connectivity index (χ2v) is 4.81. The molecule has 1 atom stereocenters. The van der Waals surface area contributed by atoms with E-state index in [1.54, 1.807) is 18.3 Å². The van der Waals surface area contributed by atoms with Gasteiger partial charge in [0.1, 0.15) is 5.82 Å². The zero-order valence-electron chi connectivity index (χ0n) is 9.86. The van der Waals surface area contributed by atoms with E-state index in [1.165, 1.54) is 6.07 Å². The summed E-state index contributed by atoms with van der Waals surface area (Å²) in [6.45, 7) is 2.77. The first-order valence-corrected chi connectivity index (χ1v) is 6.77. The minimum absolute atomic E-state index is 0.0665. The van der Waals surface area contributed by atoms with Gasteiger partial charge in [-0.25, -0.2) is 4.39 Å². The Morgan fingerprint density at radius 3 is 2.94 bits per heavy atom. The molecule has 6 heteroatoms. The second kappa shape index (κ2) is 6.22. The quantitative estimate of drug-likeness (QED) is 0.916. The number of nitrogens with zero attached hydrogens (tertiary/aromatic N) is 2. The van der Waals surface area contributed by atoms with Crippen molar-refractivity contribution < 1.29 is 4.39 Å². The molecule has 0 saturated heterocycles. The first-order chi connectivity index (χ1) is 8.72. The number of aromatic nitrogens is 2. The summed E-state index contributed by atoms with van der Waals surface area (Å²) in [5, 5.41) is 3.71. The van der Waals surface area contributed by atoms with Crippen LogP contribution in [0.3, 0.4) is 0 Å². The number of nitrogens with one attached hydrogen (secondary N) is 1. The van der Waals surface area contributed by atoms with Crippen molar-refractivity contribution in [3.05, 3.63) is 46.5 Å². The fourth-order valence-corrected chi connectivity index (χ4v) is 2.50. The Balaban J connectivity index is 2.24. The van der Waals surface area contributed by atoms with Crippen molar-refractivity contribution in [2.24, 2.45) is 0 Å². The highest BCUT2D eigenvalue weighted by atomic mass is 35.5. The van der Waals surface area contributed by atoms with E-state index in [-0.39, 0.29) is 11.9 Å². The highest BCUT2D eigenvalue weighted by Crippen LogP contribution is 2.25. The molecule has 0 spiro atoms. The Morgan fingerprint density at radius 2 is 2.33 bits per heavy atom. The zero-order chi connectivity index (χ0) is 13.0. The summed E-state index contributed by atoms with van der Waals surface area (Å²) in [7, 11) is 0. The highest BCUT2D eigenvalue weighted by Gasteiger charge is 2.17. The minimum atomic E-state index is -0.284. The van der Waals surface area contributed by atoms with Crippen LogP contribution in [0.15, 0.2) is 24.4 Å². The van der Waals surface area contributed by atoms with Crippen molar-refractivity contribution in [1.82, 2.24) is 14.1 Å². The Kier molecular flexibility index (Phi) is 4.63. The summed E-state index contributed by atoms with van der Waals surface area (Å²) >= 11 is 7.18. The molecule has 0 aliphatic rings. The van der Waals surface area contributed by atoms with E-state index in [9.17, 15) is 4.39 Å². The molecule has 1 heterocycles. The zero-order valence-corrected chi connectivity index (χ0v) is 11.4. The molecule has 0 bridgehead atoms. The third-order valence-electron chi connectivity index (χ3n) is 2.66. The molecular formula is C12H13ClFN3S. The maximum atomic E-state index is 13.7. The van der Waals surface area contributed by atoms with Gasteiger partial charge in [-0.2, -0.15) is 8.75 Å². The van der Waals surface area contributed by atoms with Crippen LogP contribution in [0.1, 0.15) is 24.2 Å². The van der Waals surface area contributed by atoms with Gasteiger partial charge in [0.15, 0.2) is 0 Å². The first-order valence-electron chi connectivity index (χ1n) is 5.66. The van der Waals surface area contributed by atoms with Crippen LogP contribution in [0, 0.1) is 5.82 Å². The summed E-state index contributed by atoms with van der Waals surface area (Å²) in [6, 6.07) is 4.66. The standard InChI is InChI=1S/C12H13ClFN3S/c1-2-15-11(12-7-16-18-17-12)6-8-9(13)4-3-5-10(8)14/h3-5,7,11,15H,2,6H2,1H3. The van der Waals surface area contributed by atoms with Crippen LogP contribution in [0.4, 0.5) is 4.39 Å². The van der Waals surface area contributed by atoms with Gasteiger partial charge in [0.25, 0.3) is 0 Å². The van der Waals surface area contributed by atoms with Crippen molar-refractivity contribution in [3.8, 4) is 0 Å². The van der Waals surface area contributed by atoms with E-state index < -0.39 is 0 Å². The number of likely N-dealkylation sites (N-methyl/N-ethyl adjacent to an activating group) is 1. The predicted molar refractivity (Wildman–Crippen MR) is 71.4 cm³/mol. The van der Waals surface area contributed by atoms with Crippen molar-refractivity contribution in [3.63, 3.8) is 0 Å². The van der Waals surface area contributed by atoms with Gasteiger partial charge in [-0.15, -0.1) is 0 Å². The molecule has 2 rings (SSSR count). The van der Waals surface area contributed by atoms with Crippen molar-refractivity contribution >= 4 is 23.3 Å². The van der Waals surface area contributed by atoms with Gasteiger partial charge in [-0.3, -0.25) is 0 Å². The van der Waals surface area contributed by atoms with E-state index in [0.717, 1.165) is 24.0 Å². The van der Waals surface area contributed by atoms with Crippen LogP contribution in [0.2, 0.25) is 5.02 Å². The molecule has 1 aromatic carbocycles. The Bertz CT molecular complexity index is 484. The summed E-state index contributed by atoms with van der Waals surface area (Å²) in [5.41, 5.74) is 1.33. The third kappa shape index (κ3) is 3.04. The van der Waals surface area contributed by atoms with E-state index >= 15 is 0 Å². The maximum absolute atomic E-state index is 13.7. The van der Waals surface area contributed by atoms with Gasteiger partial charge in [-0.05, 0) is 25.1 Å². The Hall–Kier alpha value is -1.04. The van der Waals surface area contributed by atoms with Crippen molar-refractivity contribution in [1.29, 1.82) is 0 Å². The number of hydrogen-bond donors (Lipinski definition) is 1. The van der Waals surface area contributed by atoms with Crippen LogP contribution in [-0.4, -0.2) is 15.3 Å². The molecule has 0 fully saturated rings. The van der Waals surface area contributed by atoms with Crippen LogP contribution < -0.4 is 5.32 Å². The Labute approximate surface area is 114 Å².